The van der Waals surface area contributed by atoms with Crippen LogP contribution in [0.3, 0.4) is 0 Å². The van der Waals surface area contributed by atoms with Crippen LogP contribution in [-0.2, 0) is 14.3 Å². The maximum Gasteiger partial charge on any atom is 0.355 e. The molecule has 8 nitrogen and oxygen atoms in total. The van der Waals surface area contributed by atoms with Crippen LogP contribution in [0.5, 0.6) is 0 Å². The summed E-state index contributed by atoms with van der Waals surface area (Å²) < 4.78 is 4.59. The van der Waals surface area contributed by atoms with E-state index in [1.165, 1.54) is 31.4 Å². The highest BCUT2D eigenvalue weighted by atomic mass is 16.5. The molecule has 2 N–H and O–H groups in total. The Morgan fingerprint density at radius 2 is 1.95 bits per heavy atom. The van der Waals surface area contributed by atoms with E-state index in [0.29, 0.717) is 5.69 Å². The van der Waals surface area contributed by atoms with Crippen LogP contribution in [0.4, 0.5) is 5.69 Å². The van der Waals surface area contributed by atoms with Crippen LogP contribution in [0.25, 0.3) is 0 Å². The van der Waals surface area contributed by atoms with E-state index in [0.717, 1.165) is 5.01 Å². The number of anilines is 1. The Labute approximate surface area is 125 Å². The van der Waals surface area contributed by atoms with E-state index in [9.17, 15) is 14.4 Å². The van der Waals surface area contributed by atoms with Gasteiger partial charge in [-0.25, -0.2) is 9.59 Å². The largest absolute Gasteiger partial charge is 0.478 e. The molecule has 1 aliphatic rings. The quantitative estimate of drug-likeness (QED) is 0.754. The van der Waals surface area contributed by atoms with Crippen molar-refractivity contribution in [3.05, 3.63) is 29.8 Å². The number of hydrazone groups is 1. The van der Waals surface area contributed by atoms with Gasteiger partial charge in [-0.05, 0) is 30.7 Å². The van der Waals surface area contributed by atoms with Gasteiger partial charge in [0.2, 0.25) is 0 Å². The van der Waals surface area contributed by atoms with Crippen LogP contribution < -0.4 is 5.01 Å². The molecule has 1 unspecified atom stereocenters. The molecule has 22 heavy (non-hydrogen) atoms. The molecule has 1 aliphatic heterocycles. The van der Waals surface area contributed by atoms with E-state index in [1.54, 1.807) is 0 Å². The Balaban J connectivity index is 2.34. The van der Waals surface area contributed by atoms with Gasteiger partial charge in [-0.3, -0.25) is 4.79 Å². The predicted molar refractivity (Wildman–Crippen MR) is 75.5 cm³/mol. The first-order valence-corrected chi connectivity index (χ1v) is 6.44. The maximum atomic E-state index is 12.3. The van der Waals surface area contributed by atoms with Crippen LogP contribution in [0, 0.1) is 5.92 Å². The molecule has 1 amide bonds. The Kier molecular flexibility index (Phi) is 4.52. The lowest BCUT2D eigenvalue weighted by atomic mass is 10.00. The summed E-state index contributed by atoms with van der Waals surface area (Å²) in [5.74, 6) is -3.18. The molecule has 1 heterocycles. The summed E-state index contributed by atoms with van der Waals surface area (Å²) in [5, 5.41) is 22.8. The molecule has 1 atom stereocenters. The zero-order chi connectivity index (χ0) is 16.3. The fourth-order valence-corrected chi connectivity index (χ4v) is 2.10. The Morgan fingerprint density at radius 3 is 2.45 bits per heavy atom. The normalized spacial score (nSPS) is 17.4. The van der Waals surface area contributed by atoms with Crippen molar-refractivity contribution in [1.29, 1.82) is 0 Å². The van der Waals surface area contributed by atoms with E-state index in [-0.39, 0.29) is 24.3 Å². The summed E-state index contributed by atoms with van der Waals surface area (Å²) in [6.45, 7) is -0.280. The molecule has 0 saturated carbocycles. The highest BCUT2D eigenvalue weighted by molar-refractivity contribution is 6.44. The number of nitrogens with zero attached hydrogens (tertiary/aromatic N) is 2. The molecular weight excluding hydrogens is 292 g/mol. The first kappa shape index (κ1) is 15.6. The molecule has 0 radical (unpaired) electrons. The number of methoxy groups -OCH3 is 1. The molecule has 116 valence electrons. The predicted octanol–water partition coefficient (Wildman–Crippen LogP) is 0.259. The monoisotopic (exact) mass is 306 g/mol. The molecule has 0 spiro atoms. The number of carboxylic acid groups (broad SMARTS) is 1. The molecule has 1 aromatic rings. The zero-order valence-corrected chi connectivity index (χ0v) is 11.7. The van der Waals surface area contributed by atoms with Gasteiger partial charge in [-0.15, -0.1) is 0 Å². The lowest BCUT2D eigenvalue weighted by molar-refractivity contribution is -0.133. The average Bonchev–Trinajstić information content (AvgIpc) is 2.84. The number of benzene rings is 1. The lowest BCUT2D eigenvalue weighted by Gasteiger charge is -2.13. The molecule has 2 rings (SSSR count). The highest BCUT2D eigenvalue weighted by Gasteiger charge is 2.40. The number of ether oxygens (including phenoxy) is 1. The zero-order valence-electron chi connectivity index (χ0n) is 11.7. The number of amides is 1. The van der Waals surface area contributed by atoms with Crippen molar-refractivity contribution in [1.82, 2.24) is 0 Å². The summed E-state index contributed by atoms with van der Waals surface area (Å²) in [4.78, 5) is 34.8. The van der Waals surface area contributed by atoms with Gasteiger partial charge in [0.1, 0.15) is 0 Å². The average molecular weight is 306 g/mol. The van der Waals surface area contributed by atoms with Gasteiger partial charge < -0.3 is 14.9 Å². The van der Waals surface area contributed by atoms with Crippen molar-refractivity contribution in [2.75, 3.05) is 18.7 Å². The third-order valence-corrected chi connectivity index (χ3v) is 3.22. The highest BCUT2D eigenvalue weighted by Crippen LogP contribution is 2.26. The number of carboxylic acids is 1. The smallest absolute Gasteiger partial charge is 0.355 e. The van der Waals surface area contributed by atoms with Crippen LogP contribution in [0.1, 0.15) is 16.8 Å². The second-order valence-corrected chi connectivity index (χ2v) is 4.54. The van der Waals surface area contributed by atoms with E-state index < -0.39 is 23.8 Å². The van der Waals surface area contributed by atoms with Crippen LogP contribution in [-0.4, -0.2) is 47.5 Å². The van der Waals surface area contributed by atoms with Crippen molar-refractivity contribution in [2.24, 2.45) is 11.0 Å². The number of esters is 1. The van der Waals surface area contributed by atoms with E-state index in [4.69, 9.17) is 10.2 Å². The number of rotatable bonds is 5. The van der Waals surface area contributed by atoms with Gasteiger partial charge in [-0.2, -0.15) is 10.1 Å². The Morgan fingerprint density at radius 1 is 1.32 bits per heavy atom. The third-order valence-electron chi connectivity index (χ3n) is 3.22. The number of carbonyl (C=O) groups excluding carboxylic acids is 2. The van der Waals surface area contributed by atoms with E-state index in [1.807, 2.05) is 0 Å². The molecule has 0 aromatic heterocycles. The fourth-order valence-electron chi connectivity index (χ4n) is 2.10. The van der Waals surface area contributed by atoms with E-state index >= 15 is 0 Å². The van der Waals surface area contributed by atoms with Gasteiger partial charge >= 0.3 is 11.9 Å². The molecule has 0 bridgehead atoms. The number of aromatic carboxylic acids is 1. The Bertz CT molecular complexity index is 637. The first-order valence-electron chi connectivity index (χ1n) is 6.44. The number of aliphatic hydroxyl groups excluding tert-OH is 1. The minimum Gasteiger partial charge on any atom is -0.478 e. The summed E-state index contributed by atoms with van der Waals surface area (Å²) in [6, 6.07) is 5.50. The minimum absolute atomic E-state index is 0.0521. The maximum absolute atomic E-state index is 12.3. The van der Waals surface area contributed by atoms with Crippen molar-refractivity contribution in [3.63, 3.8) is 0 Å². The summed E-state index contributed by atoms with van der Waals surface area (Å²) in [6.07, 6.45) is 0.0521. The SMILES string of the molecule is COC(=O)C1=NN(c2ccc(C(=O)O)cc2)C(=O)C1CCO. The summed E-state index contributed by atoms with van der Waals surface area (Å²) >= 11 is 0. The fraction of sp³-hybridized carbons (Fsp3) is 0.286. The van der Waals surface area contributed by atoms with Gasteiger partial charge in [-0.1, -0.05) is 0 Å². The lowest BCUT2D eigenvalue weighted by Crippen LogP contribution is -2.31. The van der Waals surface area contributed by atoms with Crippen LogP contribution in [0.15, 0.2) is 29.4 Å². The Hall–Kier alpha value is -2.74. The summed E-state index contributed by atoms with van der Waals surface area (Å²) in [7, 11) is 1.18. The number of hydrogen-bond donors (Lipinski definition) is 2. The van der Waals surface area contributed by atoms with Crippen LogP contribution >= 0.6 is 0 Å². The van der Waals surface area contributed by atoms with Gasteiger partial charge in [0.15, 0.2) is 5.71 Å². The second-order valence-electron chi connectivity index (χ2n) is 4.54. The van der Waals surface area contributed by atoms with E-state index in [2.05, 4.69) is 9.84 Å². The summed E-state index contributed by atoms with van der Waals surface area (Å²) in [5.41, 5.74) is 0.320. The topological polar surface area (TPSA) is 117 Å². The molecular formula is C14H14N2O6. The molecule has 8 heteroatoms. The second kappa shape index (κ2) is 6.35. The molecule has 0 aliphatic carbocycles. The standard InChI is InChI=1S/C14H14N2O6/c1-22-14(21)11-10(6-7-17)12(18)16(15-11)9-4-2-8(3-5-9)13(19)20/h2-5,10,17H,6-7H2,1H3,(H,19,20). The van der Waals surface area contributed by atoms with Crippen LogP contribution in [0.2, 0.25) is 0 Å². The third kappa shape index (κ3) is 2.82. The van der Waals surface area contributed by atoms with Crippen molar-refractivity contribution in [3.8, 4) is 0 Å². The van der Waals surface area contributed by atoms with Gasteiger partial charge in [0.25, 0.3) is 5.91 Å². The van der Waals surface area contributed by atoms with Crippen molar-refractivity contribution < 1.29 is 29.3 Å². The van der Waals surface area contributed by atoms with Crippen molar-refractivity contribution in [2.45, 2.75) is 6.42 Å². The van der Waals surface area contributed by atoms with Crippen molar-refractivity contribution >= 4 is 29.2 Å². The number of carbonyl (C=O) groups is 3. The number of hydrogen-bond acceptors (Lipinski definition) is 6. The number of aliphatic hydroxyl groups is 1. The molecule has 0 fully saturated rings. The van der Waals surface area contributed by atoms with Gasteiger partial charge in [0.05, 0.1) is 24.3 Å². The molecule has 1 aromatic carbocycles. The first-order chi connectivity index (χ1) is 10.5. The minimum atomic E-state index is -1.09. The van der Waals surface area contributed by atoms with Gasteiger partial charge in [0, 0.05) is 6.61 Å². The molecule has 0 saturated heterocycles.